The summed E-state index contributed by atoms with van der Waals surface area (Å²) in [5, 5.41) is 6.32. The molecule has 0 saturated heterocycles. The van der Waals surface area contributed by atoms with Gasteiger partial charge in [-0.25, -0.2) is 0 Å². The normalized spacial score (nSPS) is 10.1. The molecule has 0 fully saturated rings. The molecule has 5 heteroatoms. The Morgan fingerprint density at radius 3 is 2.92 bits per heavy atom. The van der Waals surface area contributed by atoms with Crippen molar-refractivity contribution in [1.29, 1.82) is 0 Å². The van der Waals surface area contributed by atoms with E-state index in [9.17, 15) is 0 Å². The summed E-state index contributed by atoms with van der Waals surface area (Å²) in [5.74, 6) is 1.62. The van der Waals surface area contributed by atoms with Gasteiger partial charge in [-0.05, 0) is 6.07 Å². The van der Waals surface area contributed by atoms with Crippen molar-refractivity contribution in [2.45, 2.75) is 0 Å². The summed E-state index contributed by atoms with van der Waals surface area (Å²) in [6, 6.07) is 3.55. The number of furan rings is 1. The third-order valence-corrected chi connectivity index (χ3v) is 1.42. The van der Waals surface area contributed by atoms with E-state index in [1.54, 1.807) is 19.2 Å². The molecular weight excluding hydrogens is 158 g/mol. The maximum atomic E-state index is 5.27. The molecule has 2 rings (SSSR count). The van der Waals surface area contributed by atoms with Gasteiger partial charge in [0, 0.05) is 13.1 Å². The van der Waals surface area contributed by atoms with E-state index in [1.807, 2.05) is 0 Å². The number of nitrogens with zero attached hydrogens (tertiary/aromatic N) is 2. The fourth-order valence-corrected chi connectivity index (χ4v) is 0.869. The van der Waals surface area contributed by atoms with Crippen LogP contribution in [0.3, 0.4) is 0 Å². The molecule has 12 heavy (non-hydrogen) atoms. The van der Waals surface area contributed by atoms with E-state index in [-0.39, 0.29) is 0 Å². The first-order valence-electron chi connectivity index (χ1n) is 3.45. The number of anilines is 1. The molecule has 2 aromatic rings. The highest BCUT2D eigenvalue weighted by Gasteiger charge is 2.07. The number of nitrogens with one attached hydrogen (secondary N) is 1. The Morgan fingerprint density at radius 2 is 2.33 bits per heavy atom. The van der Waals surface area contributed by atoms with Crippen molar-refractivity contribution in [3.05, 3.63) is 18.5 Å². The van der Waals surface area contributed by atoms with Crippen molar-refractivity contribution in [1.82, 2.24) is 10.1 Å². The molecule has 1 N–H and O–H groups in total. The summed E-state index contributed by atoms with van der Waals surface area (Å²) in [4.78, 5) is 3.83. The van der Waals surface area contributed by atoms with Crippen LogP contribution in [-0.4, -0.2) is 17.2 Å². The van der Waals surface area contributed by atoms with Crippen LogP contribution >= 0.6 is 0 Å². The lowest BCUT2D eigenvalue weighted by Gasteiger charge is -1.89. The van der Waals surface area contributed by atoms with E-state index >= 15 is 0 Å². The molecule has 0 atom stereocenters. The number of hydrogen-bond acceptors (Lipinski definition) is 5. The topological polar surface area (TPSA) is 64.1 Å². The van der Waals surface area contributed by atoms with E-state index in [1.165, 1.54) is 6.33 Å². The summed E-state index contributed by atoms with van der Waals surface area (Å²) in [5.41, 5.74) is 0. The highest BCUT2D eigenvalue weighted by molar-refractivity contribution is 5.48. The Labute approximate surface area is 68.4 Å². The molecule has 0 radical (unpaired) electrons. The van der Waals surface area contributed by atoms with E-state index in [2.05, 4.69) is 15.5 Å². The smallest absolute Gasteiger partial charge is 0.293 e. The molecule has 62 valence electrons. The molecular formula is C7H7N3O2. The minimum atomic E-state index is 0.386. The molecule has 2 heterocycles. The zero-order valence-electron chi connectivity index (χ0n) is 6.44. The first-order valence-corrected chi connectivity index (χ1v) is 3.45. The van der Waals surface area contributed by atoms with Crippen LogP contribution in [0.25, 0.3) is 11.7 Å². The summed E-state index contributed by atoms with van der Waals surface area (Å²) in [6.07, 6.45) is 1.33. The molecule has 5 nitrogen and oxygen atoms in total. The highest BCUT2D eigenvalue weighted by Crippen LogP contribution is 2.21. The molecule has 0 aromatic carbocycles. The lowest BCUT2D eigenvalue weighted by Crippen LogP contribution is -1.82. The van der Waals surface area contributed by atoms with Crippen molar-refractivity contribution in [2.24, 2.45) is 0 Å². The Balaban J connectivity index is 2.35. The molecule has 0 unspecified atom stereocenters. The van der Waals surface area contributed by atoms with Crippen molar-refractivity contribution in [3.8, 4) is 11.7 Å². The fraction of sp³-hybridized carbons (Fsp3) is 0.143. The molecule has 0 spiro atoms. The van der Waals surface area contributed by atoms with Crippen LogP contribution in [0.1, 0.15) is 0 Å². The maximum Gasteiger partial charge on any atom is 0.293 e. The van der Waals surface area contributed by atoms with Gasteiger partial charge in [0.2, 0.25) is 0 Å². The van der Waals surface area contributed by atoms with Gasteiger partial charge in [-0.15, -0.1) is 0 Å². The fourth-order valence-electron chi connectivity index (χ4n) is 0.869. The first kappa shape index (κ1) is 6.90. The second kappa shape index (κ2) is 2.69. The molecule has 0 aliphatic rings. The van der Waals surface area contributed by atoms with Gasteiger partial charge in [0.1, 0.15) is 0 Å². The minimum Gasteiger partial charge on any atom is -0.436 e. The SMILES string of the molecule is CNc1ccc(-c2ncno2)o1. The van der Waals surface area contributed by atoms with Crippen molar-refractivity contribution in [3.63, 3.8) is 0 Å². The zero-order chi connectivity index (χ0) is 8.39. The van der Waals surface area contributed by atoms with E-state index in [4.69, 9.17) is 8.94 Å². The second-order valence-electron chi connectivity index (χ2n) is 2.16. The lowest BCUT2D eigenvalue weighted by atomic mass is 10.4. The van der Waals surface area contributed by atoms with Crippen molar-refractivity contribution in [2.75, 3.05) is 12.4 Å². The van der Waals surface area contributed by atoms with Crippen LogP contribution in [0.2, 0.25) is 0 Å². The van der Waals surface area contributed by atoms with Crippen molar-refractivity contribution < 1.29 is 8.94 Å². The average molecular weight is 165 g/mol. The summed E-state index contributed by atoms with van der Waals surface area (Å²) in [6.45, 7) is 0. The molecule has 0 bridgehead atoms. The zero-order valence-corrected chi connectivity index (χ0v) is 6.44. The maximum absolute atomic E-state index is 5.27. The summed E-state index contributed by atoms with van der Waals surface area (Å²) < 4.78 is 10.1. The quantitative estimate of drug-likeness (QED) is 0.728. The Bertz CT molecular complexity index is 352. The van der Waals surface area contributed by atoms with Gasteiger partial charge in [0.05, 0.1) is 0 Å². The molecule has 0 aliphatic carbocycles. The predicted molar refractivity (Wildman–Crippen MR) is 41.5 cm³/mol. The summed E-state index contributed by atoms with van der Waals surface area (Å²) >= 11 is 0. The Kier molecular flexibility index (Phi) is 1.55. The van der Waals surface area contributed by atoms with Crippen LogP contribution in [-0.2, 0) is 0 Å². The van der Waals surface area contributed by atoms with E-state index in [0.29, 0.717) is 17.5 Å². The second-order valence-corrected chi connectivity index (χ2v) is 2.16. The third kappa shape index (κ3) is 1.05. The molecule has 0 amide bonds. The Morgan fingerprint density at radius 1 is 1.42 bits per heavy atom. The number of rotatable bonds is 2. The van der Waals surface area contributed by atoms with Gasteiger partial charge in [-0.3, -0.25) is 0 Å². The Hall–Kier alpha value is -1.78. The number of aromatic nitrogens is 2. The minimum absolute atomic E-state index is 0.386. The first-order chi connectivity index (χ1) is 5.90. The third-order valence-electron chi connectivity index (χ3n) is 1.42. The summed E-state index contributed by atoms with van der Waals surface area (Å²) in [7, 11) is 1.77. The van der Waals surface area contributed by atoms with Crippen molar-refractivity contribution >= 4 is 5.88 Å². The van der Waals surface area contributed by atoms with Crippen LogP contribution in [0, 0.1) is 0 Å². The monoisotopic (exact) mass is 165 g/mol. The van der Waals surface area contributed by atoms with E-state index in [0.717, 1.165) is 0 Å². The van der Waals surface area contributed by atoms with Crippen LogP contribution < -0.4 is 5.32 Å². The number of hydrogen-bond donors (Lipinski definition) is 1. The molecule has 2 aromatic heterocycles. The van der Waals surface area contributed by atoms with Gasteiger partial charge >= 0.3 is 0 Å². The van der Waals surface area contributed by atoms with Gasteiger partial charge < -0.3 is 14.3 Å². The average Bonchev–Trinajstić information content (AvgIpc) is 2.75. The van der Waals surface area contributed by atoms with Gasteiger partial charge in [-0.2, -0.15) is 4.98 Å². The van der Waals surface area contributed by atoms with E-state index < -0.39 is 0 Å². The van der Waals surface area contributed by atoms with Gasteiger partial charge in [-0.1, -0.05) is 5.16 Å². The predicted octanol–water partition coefficient (Wildman–Crippen LogP) is 1.37. The molecule has 0 aliphatic heterocycles. The van der Waals surface area contributed by atoms with Gasteiger partial charge in [0.15, 0.2) is 18.0 Å². The van der Waals surface area contributed by atoms with Crippen LogP contribution in [0.4, 0.5) is 5.88 Å². The van der Waals surface area contributed by atoms with Crippen LogP contribution in [0.15, 0.2) is 27.4 Å². The lowest BCUT2D eigenvalue weighted by molar-refractivity contribution is 0.416. The van der Waals surface area contributed by atoms with Crippen LogP contribution in [0.5, 0.6) is 0 Å². The molecule has 0 saturated carbocycles. The van der Waals surface area contributed by atoms with Gasteiger partial charge in [0.25, 0.3) is 5.89 Å². The largest absolute Gasteiger partial charge is 0.436 e. The highest BCUT2D eigenvalue weighted by atomic mass is 16.5. The standard InChI is InChI=1S/C7H7N3O2/c1-8-6-3-2-5(11-6)7-9-4-10-12-7/h2-4,8H,1H3.